The number of rotatable bonds is 2. The molecule has 1 fully saturated rings. The molecule has 4 rings (SSSR count). The number of benzene rings is 1. The number of carbonyl (C=O) groups excluding carboxylic acids is 4. The monoisotopic (exact) mass is 312 g/mol. The Kier molecular flexibility index (Phi) is 3.07. The fourth-order valence-corrected chi connectivity index (χ4v) is 3.82. The van der Waals surface area contributed by atoms with Crippen molar-refractivity contribution in [1.82, 2.24) is 10.2 Å². The summed E-state index contributed by atoms with van der Waals surface area (Å²) in [5.41, 5.74) is 3.71. The quantitative estimate of drug-likeness (QED) is 0.631. The second-order valence-electron chi connectivity index (χ2n) is 6.48. The van der Waals surface area contributed by atoms with Crippen LogP contribution in [-0.2, 0) is 33.8 Å². The fraction of sp³-hybridized carbons (Fsp3) is 0.412. The highest BCUT2D eigenvalue weighted by atomic mass is 16.2. The number of hydrogen-bond donors (Lipinski definition) is 1. The number of aldehydes is 1. The van der Waals surface area contributed by atoms with Crippen molar-refractivity contribution in [2.45, 2.75) is 38.3 Å². The Morgan fingerprint density at radius 3 is 2.52 bits per heavy atom. The van der Waals surface area contributed by atoms with E-state index in [2.05, 4.69) is 5.32 Å². The third-order valence-corrected chi connectivity index (χ3v) is 5.00. The van der Waals surface area contributed by atoms with Crippen molar-refractivity contribution < 1.29 is 19.2 Å². The maximum absolute atomic E-state index is 12.7. The molecule has 2 heterocycles. The van der Waals surface area contributed by atoms with Gasteiger partial charge in [0.25, 0.3) is 5.91 Å². The molecule has 3 aliphatic rings. The second kappa shape index (κ2) is 5.01. The molecule has 118 valence electrons. The van der Waals surface area contributed by atoms with Gasteiger partial charge in [-0.1, -0.05) is 6.07 Å². The Morgan fingerprint density at radius 2 is 1.83 bits per heavy atom. The van der Waals surface area contributed by atoms with Gasteiger partial charge in [0.15, 0.2) is 0 Å². The van der Waals surface area contributed by atoms with E-state index in [1.54, 1.807) is 4.90 Å². The van der Waals surface area contributed by atoms with E-state index in [0.29, 0.717) is 24.9 Å². The van der Waals surface area contributed by atoms with E-state index in [1.807, 2.05) is 12.1 Å². The molecular weight excluding hydrogens is 296 g/mol. The molecule has 6 heteroatoms. The smallest absolute Gasteiger partial charge is 0.255 e. The molecule has 1 saturated heterocycles. The molecule has 2 aliphatic heterocycles. The molecule has 1 N–H and O–H groups in total. The van der Waals surface area contributed by atoms with Crippen LogP contribution >= 0.6 is 0 Å². The highest BCUT2D eigenvalue weighted by molar-refractivity contribution is 6.05. The number of nitrogens with zero attached hydrogens (tertiary/aromatic N) is 1. The van der Waals surface area contributed by atoms with E-state index in [4.69, 9.17) is 0 Å². The summed E-state index contributed by atoms with van der Waals surface area (Å²) in [5.74, 6) is -0.828. The highest BCUT2D eigenvalue weighted by Gasteiger charge is 2.39. The van der Waals surface area contributed by atoms with Crippen molar-refractivity contribution in [1.29, 1.82) is 0 Å². The van der Waals surface area contributed by atoms with Crippen LogP contribution in [0.5, 0.6) is 0 Å². The van der Waals surface area contributed by atoms with Gasteiger partial charge in [0.2, 0.25) is 11.8 Å². The van der Waals surface area contributed by atoms with Crippen molar-refractivity contribution >= 4 is 24.0 Å². The number of piperidine rings is 1. The van der Waals surface area contributed by atoms with Gasteiger partial charge in [-0.2, -0.15) is 0 Å². The molecular formula is C17H16N2O4. The summed E-state index contributed by atoms with van der Waals surface area (Å²) < 4.78 is 0. The van der Waals surface area contributed by atoms with Crippen molar-refractivity contribution in [2.24, 2.45) is 5.92 Å². The number of nitrogens with one attached hydrogen (secondary N) is 1. The van der Waals surface area contributed by atoms with Gasteiger partial charge in [0.05, 0.1) is 0 Å². The summed E-state index contributed by atoms with van der Waals surface area (Å²) in [5, 5.41) is 2.30. The number of fused-ring (bicyclic) bond motifs is 2. The van der Waals surface area contributed by atoms with Crippen LogP contribution in [-0.4, -0.2) is 34.9 Å². The molecule has 6 nitrogen and oxygen atoms in total. The van der Waals surface area contributed by atoms with Gasteiger partial charge in [0, 0.05) is 24.4 Å². The second-order valence-corrected chi connectivity index (χ2v) is 6.48. The summed E-state index contributed by atoms with van der Waals surface area (Å²) >= 11 is 0. The summed E-state index contributed by atoms with van der Waals surface area (Å²) in [6.07, 6.45) is 3.00. The minimum absolute atomic E-state index is 0.00821. The van der Waals surface area contributed by atoms with Crippen LogP contribution in [0, 0.1) is 5.92 Å². The first kappa shape index (κ1) is 14.1. The Bertz CT molecular complexity index is 755. The average molecular weight is 312 g/mol. The summed E-state index contributed by atoms with van der Waals surface area (Å²) in [7, 11) is 0. The predicted molar refractivity (Wildman–Crippen MR) is 79.4 cm³/mol. The number of hydrogen-bond acceptors (Lipinski definition) is 4. The van der Waals surface area contributed by atoms with Gasteiger partial charge < -0.3 is 9.69 Å². The average Bonchev–Trinajstić information content (AvgIpc) is 3.06. The molecule has 3 amide bonds. The summed E-state index contributed by atoms with van der Waals surface area (Å²) in [4.78, 5) is 48.5. The minimum Gasteiger partial charge on any atom is -0.322 e. The van der Waals surface area contributed by atoms with Crippen LogP contribution < -0.4 is 5.32 Å². The topological polar surface area (TPSA) is 83.6 Å². The zero-order valence-corrected chi connectivity index (χ0v) is 12.5. The Morgan fingerprint density at radius 1 is 1.09 bits per heavy atom. The van der Waals surface area contributed by atoms with Crippen LogP contribution in [0.1, 0.15) is 39.9 Å². The van der Waals surface area contributed by atoms with Crippen molar-refractivity contribution in [2.75, 3.05) is 0 Å². The number of carbonyl (C=O) groups is 4. The van der Waals surface area contributed by atoms with Crippen LogP contribution in [0.3, 0.4) is 0 Å². The molecule has 0 spiro atoms. The molecule has 1 aromatic carbocycles. The number of amides is 3. The van der Waals surface area contributed by atoms with E-state index < -0.39 is 11.9 Å². The third-order valence-electron chi connectivity index (χ3n) is 5.00. The molecule has 0 radical (unpaired) electrons. The molecule has 0 saturated carbocycles. The molecule has 1 aliphatic carbocycles. The lowest BCUT2D eigenvalue weighted by Gasteiger charge is -2.29. The lowest BCUT2D eigenvalue weighted by molar-refractivity contribution is -0.136. The minimum atomic E-state index is -0.579. The molecule has 0 bridgehead atoms. The van der Waals surface area contributed by atoms with Gasteiger partial charge in [0.1, 0.15) is 12.3 Å². The SMILES string of the molecule is O=CC1Cc2cc3c(cc2C1)C(=O)N(C1CCC(=O)NC1=O)C3. The zero-order chi connectivity index (χ0) is 16.1. The fourth-order valence-electron chi connectivity index (χ4n) is 3.82. The van der Waals surface area contributed by atoms with Crippen LogP contribution in [0.25, 0.3) is 0 Å². The Balaban J connectivity index is 1.61. The predicted octanol–water partition coefficient (Wildman–Crippen LogP) is 0.361. The first-order valence-corrected chi connectivity index (χ1v) is 7.81. The highest BCUT2D eigenvalue weighted by Crippen LogP contribution is 2.34. The third kappa shape index (κ3) is 2.17. The van der Waals surface area contributed by atoms with Crippen molar-refractivity contribution in [3.8, 4) is 0 Å². The lowest BCUT2D eigenvalue weighted by Crippen LogP contribution is -2.52. The summed E-state index contributed by atoms with van der Waals surface area (Å²) in [6.45, 7) is 0.388. The van der Waals surface area contributed by atoms with Gasteiger partial charge in [-0.15, -0.1) is 0 Å². The Hall–Kier alpha value is -2.50. The molecule has 2 unspecified atom stereocenters. The van der Waals surface area contributed by atoms with E-state index >= 15 is 0 Å². The van der Waals surface area contributed by atoms with Crippen LogP contribution in [0.4, 0.5) is 0 Å². The van der Waals surface area contributed by atoms with E-state index in [0.717, 1.165) is 29.4 Å². The van der Waals surface area contributed by atoms with Gasteiger partial charge in [-0.25, -0.2) is 0 Å². The molecule has 2 atom stereocenters. The first-order valence-electron chi connectivity index (χ1n) is 7.81. The van der Waals surface area contributed by atoms with Gasteiger partial charge in [-0.3, -0.25) is 19.7 Å². The largest absolute Gasteiger partial charge is 0.322 e. The normalized spacial score (nSPS) is 26.1. The van der Waals surface area contributed by atoms with E-state index in [1.165, 1.54) is 0 Å². The maximum atomic E-state index is 12.7. The molecule has 1 aromatic rings. The van der Waals surface area contributed by atoms with Crippen LogP contribution in [0.2, 0.25) is 0 Å². The molecule has 23 heavy (non-hydrogen) atoms. The van der Waals surface area contributed by atoms with Gasteiger partial charge in [-0.05, 0) is 42.0 Å². The standard InChI is InChI=1S/C17H16N2O4/c20-8-9-3-10-5-12-7-19(14-1-2-15(21)18-16(14)22)17(23)13(12)6-11(10)4-9/h5-6,8-9,14H,1-4,7H2,(H,18,21,22). The van der Waals surface area contributed by atoms with Crippen molar-refractivity contribution in [3.05, 3.63) is 34.4 Å². The van der Waals surface area contributed by atoms with E-state index in [9.17, 15) is 19.2 Å². The summed E-state index contributed by atoms with van der Waals surface area (Å²) in [6, 6.07) is 3.30. The first-order chi connectivity index (χ1) is 11.1. The van der Waals surface area contributed by atoms with Gasteiger partial charge >= 0.3 is 0 Å². The van der Waals surface area contributed by atoms with E-state index in [-0.39, 0.29) is 24.2 Å². The lowest BCUT2D eigenvalue weighted by atomic mass is 10.0. The zero-order valence-electron chi connectivity index (χ0n) is 12.5. The van der Waals surface area contributed by atoms with Crippen LogP contribution in [0.15, 0.2) is 12.1 Å². The Labute approximate surface area is 132 Å². The molecule has 0 aromatic heterocycles. The van der Waals surface area contributed by atoms with Crippen molar-refractivity contribution in [3.63, 3.8) is 0 Å². The number of imide groups is 1. The maximum Gasteiger partial charge on any atom is 0.255 e.